The first kappa shape index (κ1) is 15.2. The molecule has 0 saturated carbocycles. The third-order valence-electron chi connectivity index (χ3n) is 3.62. The summed E-state index contributed by atoms with van der Waals surface area (Å²) in [6.07, 6.45) is 2.40. The zero-order chi connectivity index (χ0) is 13.6. The molecule has 0 aliphatic heterocycles. The van der Waals surface area contributed by atoms with Gasteiger partial charge in [-0.05, 0) is 45.5 Å². The van der Waals surface area contributed by atoms with Crippen molar-refractivity contribution in [2.45, 2.75) is 45.7 Å². The van der Waals surface area contributed by atoms with Crippen LogP contribution in [0.3, 0.4) is 0 Å². The largest absolute Gasteiger partial charge is 0.318 e. The number of aryl methyl sites for hydroxylation is 1. The van der Waals surface area contributed by atoms with Crippen molar-refractivity contribution in [1.82, 2.24) is 10.2 Å². The zero-order valence-electron chi connectivity index (χ0n) is 12.6. The maximum atomic E-state index is 3.26. The standard InChI is InChI=1S/C16H28N2/c1-6-7-14-8-10-15(11-9-14)12-18(5)16(2,3)13-17-4/h8-11,17H,6-7,12-13H2,1-5H3. The smallest absolute Gasteiger partial charge is 0.0278 e. The predicted octanol–water partition coefficient (Wildman–Crippen LogP) is 3.07. The molecule has 0 spiro atoms. The van der Waals surface area contributed by atoms with E-state index in [1.807, 2.05) is 7.05 Å². The topological polar surface area (TPSA) is 15.3 Å². The molecule has 102 valence electrons. The van der Waals surface area contributed by atoms with Crippen molar-refractivity contribution in [3.63, 3.8) is 0 Å². The van der Waals surface area contributed by atoms with Gasteiger partial charge in [-0.25, -0.2) is 0 Å². The third kappa shape index (κ3) is 4.43. The lowest BCUT2D eigenvalue weighted by molar-refractivity contribution is 0.147. The number of hydrogen-bond acceptors (Lipinski definition) is 2. The van der Waals surface area contributed by atoms with E-state index in [1.54, 1.807) is 0 Å². The van der Waals surface area contributed by atoms with E-state index in [-0.39, 0.29) is 5.54 Å². The van der Waals surface area contributed by atoms with Crippen LogP contribution >= 0.6 is 0 Å². The molecule has 0 unspecified atom stereocenters. The molecule has 0 bridgehead atoms. The Morgan fingerprint density at radius 1 is 1.11 bits per heavy atom. The highest BCUT2D eigenvalue weighted by Gasteiger charge is 2.22. The molecule has 0 aromatic heterocycles. The Labute approximate surface area is 112 Å². The van der Waals surface area contributed by atoms with Crippen molar-refractivity contribution in [2.75, 3.05) is 20.6 Å². The molecule has 1 N–H and O–H groups in total. The molecule has 0 fully saturated rings. The molecule has 0 aliphatic rings. The van der Waals surface area contributed by atoms with E-state index < -0.39 is 0 Å². The molecule has 2 heteroatoms. The lowest BCUT2D eigenvalue weighted by Crippen LogP contribution is -2.47. The number of benzene rings is 1. The Hall–Kier alpha value is -0.860. The summed E-state index contributed by atoms with van der Waals surface area (Å²) in [6.45, 7) is 8.77. The molecular formula is C16H28N2. The molecule has 0 atom stereocenters. The summed E-state index contributed by atoms with van der Waals surface area (Å²) in [7, 11) is 4.20. The van der Waals surface area contributed by atoms with Gasteiger partial charge in [0.1, 0.15) is 0 Å². The van der Waals surface area contributed by atoms with Crippen LogP contribution in [0.5, 0.6) is 0 Å². The lowest BCUT2D eigenvalue weighted by Gasteiger charge is -2.35. The molecule has 0 aliphatic carbocycles. The highest BCUT2D eigenvalue weighted by atomic mass is 15.2. The second kappa shape index (κ2) is 6.91. The first-order chi connectivity index (χ1) is 8.49. The van der Waals surface area contributed by atoms with Crippen LogP contribution in [0, 0.1) is 0 Å². The van der Waals surface area contributed by atoms with E-state index in [9.17, 15) is 0 Å². The van der Waals surface area contributed by atoms with Gasteiger partial charge >= 0.3 is 0 Å². The second-order valence-corrected chi connectivity index (χ2v) is 5.77. The summed E-state index contributed by atoms with van der Waals surface area (Å²) in [6, 6.07) is 9.05. The average Bonchev–Trinajstić information content (AvgIpc) is 2.32. The molecule has 0 saturated heterocycles. The first-order valence-electron chi connectivity index (χ1n) is 6.93. The minimum absolute atomic E-state index is 0.177. The van der Waals surface area contributed by atoms with E-state index in [0.717, 1.165) is 13.1 Å². The summed E-state index contributed by atoms with van der Waals surface area (Å²) in [4.78, 5) is 2.40. The number of rotatable bonds is 7. The number of likely N-dealkylation sites (N-methyl/N-ethyl adjacent to an activating group) is 2. The fourth-order valence-corrected chi connectivity index (χ4v) is 2.16. The third-order valence-corrected chi connectivity index (χ3v) is 3.62. The Balaban J connectivity index is 2.61. The van der Waals surface area contributed by atoms with Gasteiger partial charge in [-0.1, -0.05) is 37.6 Å². The Morgan fingerprint density at radius 3 is 2.17 bits per heavy atom. The fraction of sp³-hybridized carbons (Fsp3) is 0.625. The van der Waals surface area contributed by atoms with Crippen LogP contribution in [0.1, 0.15) is 38.3 Å². The zero-order valence-corrected chi connectivity index (χ0v) is 12.6. The monoisotopic (exact) mass is 248 g/mol. The second-order valence-electron chi connectivity index (χ2n) is 5.77. The van der Waals surface area contributed by atoms with Crippen LogP contribution in [0.4, 0.5) is 0 Å². The number of nitrogens with one attached hydrogen (secondary N) is 1. The van der Waals surface area contributed by atoms with Gasteiger partial charge in [-0.15, -0.1) is 0 Å². The van der Waals surface area contributed by atoms with E-state index in [4.69, 9.17) is 0 Å². The molecule has 0 amide bonds. The van der Waals surface area contributed by atoms with Crippen LogP contribution in [0.25, 0.3) is 0 Å². The van der Waals surface area contributed by atoms with Crippen LogP contribution in [0.2, 0.25) is 0 Å². The summed E-state index contributed by atoms with van der Waals surface area (Å²) in [5.41, 5.74) is 3.01. The average molecular weight is 248 g/mol. The van der Waals surface area contributed by atoms with Crippen LogP contribution in [0.15, 0.2) is 24.3 Å². The Bertz CT molecular complexity index is 341. The highest BCUT2D eigenvalue weighted by molar-refractivity contribution is 5.22. The number of hydrogen-bond donors (Lipinski definition) is 1. The summed E-state index contributed by atoms with van der Waals surface area (Å²) < 4.78 is 0. The molecule has 2 nitrogen and oxygen atoms in total. The van der Waals surface area contributed by atoms with Gasteiger partial charge in [0.05, 0.1) is 0 Å². The van der Waals surface area contributed by atoms with Gasteiger partial charge in [-0.3, -0.25) is 4.90 Å². The van der Waals surface area contributed by atoms with E-state index in [2.05, 4.69) is 62.3 Å². The Kier molecular flexibility index (Phi) is 5.83. The van der Waals surface area contributed by atoms with Crippen LogP contribution < -0.4 is 5.32 Å². The van der Waals surface area contributed by atoms with Gasteiger partial charge in [0.15, 0.2) is 0 Å². The minimum atomic E-state index is 0.177. The van der Waals surface area contributed by atoms with Crippen molar-refractivity contribution in [3.05, 3.63) is 35.4 Å². The summed E-state index contributed by atoms with van der Waals surface area (Å²) in [5, 5.41) is 3.26. The summed E-state index contributed by atoms with van der Waals surface area (Å²) in [5.74, 6) is 0. The van der Waals surface area contributed by atoms with Crippen molar-refractivity contribution in [3.8, 4) is 0 Å². The molecule has 18 heavy (non-hydrogen) atoms. The maximum absolute atomic E-state index is 3.26. The van der Waals surface area contributed by atoms with Crippen LogP contribution in [-0.4, -0.2) is 31.1 Å². The minimum Gasteiger partial charge on any atom is -0.318 e. The van der Waals surface area contributed by atoms with Crippen molar-refractivity contribution >= 4 is 0 Å². The quantitative estimate of drug-likeness (QED) is 0.798. The van der Waals surface area contributed by atoms with Gasteiger partial charge in [-0.2, -0.15) is 0 Å². The maximum Gasteiger partial charge on any atom is 0.0278 e. The van der Waals surface area contributed by atoms with E-state index in [0.29, 0.717) is 0 Å². The van der Waals surface area contributed by atoms with Gasteiger partial charge < -0.3 is 5.32 Å². The molecular weight excluding hydrogens is 220 g/mol. The van der Waals surface area contributed by atoms with Crippen LogP contribution in [-0.2, 0) is 13.0 Å². The molecule has 1 aromatic carbocycles. The molecule has 1 aromatic rings. The molecule has 1 rings (SSSR count). The molecule has 0 heterocycles. The van der Waals surface area contributed by atoms with E-state index in [1.165, 1.54) is 24.0 Å². The summed E-state index contributed by atoms with van der Waals surface area (Å²) >= 11 is 0. The van der Waals surface area contributed by atoms with Gasteiger partial charge in [0.2, 0.25) is 0 Å². The Morgan fingerprint density at radius 2 is 1.67 bits per heavy atom. The fourth-order valence-electron chi connectivity index (χ4n) is 2.16. The predicted molar refractivity (Wildman–Crippen MR) is 79.9 cm³/mol. The molecule has 0 radical (unpaired) electrons. The van der Waals surface area contributed by atoms with E-state index >= 15 is 0 Å². The first-order valence-corrected chi connectivity index (χ1v) is 6.93. The SMILES string of the molecule is CCCc1ccc(CN(C)C(C)(C)CNC)cc1. The lowest BCUT2D eigenvalue weighted by atomic mass is 10.0. The van der Waals surface area contributed by atoms with Crippen molar-refractivity contribution in [1.29, 1.82) is 0 Å². The normalized spacial score (nSPS) is 12.1. The number of nitrogens with zero attached hydrogens (tertiary/aromatic N) is 1. The van der Waals surface area contributed by atoms with Crippen molar-refractivity contribution < 1.29 is 0 Å². The van der Waals surface area contributed by atoms with Gasteiger partial charge in [0, 0.05) is 18.6 Å². The van der Waals surface area contributed by atoms with Crippen molar-refractivity contribution in [2.24, 2.45) is 0 Å². The van der Waals surface area contributed by atoms with Gasteiger partial charge in [0.25, 0.3) is 0 Å². The highest BCUT2D eigenvalue weighted by Crippen LogP contribution is 2.16.